The van der Waals surface area contributed by atoms with Gasteiger partial charge in [-0.2, -0.15) is 0 Å². The summed E-state index contributed by atoms with van der Waals surface area (Å²) in [5, 5.41) is 5.81. The molecule has 1 fully saturated rings. The lowest BCUT2D eigenvalue weighted by Gasteiger charge is -2.26. The van der Waals surface area contributed by atoms with Crippen molar-refractivity contribution in [1.82, 2.24) is 24.9 Å². The SMILES string of the molecule is CCCCCNC(=O)c1nc(C(=O)NCCN2CCOCC2)n2ccccc12. The number of pyridine rings is 1. The summed E-state index contributed by atoms with van der Waals surface area (Å²) in [5.74, 6) is -0.289. The molecule has 8 heteroatoms. The fraction of sp³-hybridized carbons (Fsp3) is 0.550. The van der Waals surface area contributed by atoms with E-state index in [-0.39, 0.29) is 23.3 Å². The number of hydrogen-bond donors (Lipinski definition) is 2. The van der Waals surface area contributed by atoms with Crippen LogP contribution in [0.4, 0.5) is 0 Å². The number of morpholine rings is 1. The largest absolute Gasteiger partial charge is 0.379 e. The highest BCUT2D eigenvalue weighted by Crippen LogP contribution is 2.13. The van der Waals surface area contributed by atoms with Crippen LogP contribution in [0.25, 0.3) is 5.52 Å². The van der Waals surface area contributed by atoms with Gasteiger partial charge in [0.05, 0.1) is 18.7 Å². The van der Waals surface area contributed by atoms with E-state index in [1.807, 2.05) is 12.1 Å². The molecule has 2 N–H and O–H groups in total. The number of rotatable bonds is 9. The standard InChI is InChI=1S/C20H29N5O3/c1-2-3-5-8-21-19(26)17-16-7-4-6-10-25(16)18(23-17)20(27)22-9-11-24-12-14-28-15-13-24/h4,6-7,10H,2-3,5,8-9,11-15H2,1H3,(H,21,26)(H,22,27). The Balaban J connectivity index is 1.65. The van der Waals surface area contributed by atoms with Gasteiger partial charge in [0, 0.05) is 38.9 Å². The van der Waals surface area contributed by atoms with Gasteiger partial charge >= 0.3 is 0 Å². The Kier molecular flexibility index (Phi) is 7.39. The van der Waals surface area contributed by atoms with E-state index in [9.17, 15) is 9.59 Å². The Bertz CT molecular complexity index is 798. The zero-order valence-electron chi connectivity index (χ0n) is 16.4. The van der Waals surface area contributed by atoms with Crippen molar-refractivity contribution in [3.05, 3.63) is 35.9 Å². The fourth-order valence-electron chi connectivity index (χ4n) is 3.26. The van der Waals surface area contributed by atoms with Crippen LogP contribution in [0.2, 0.25) is 0 Å². The Labute approximate surface area is 165 Å². The van der Waals surface area contributed by atoms with Gasteiger partial charge in [0.1, 0.15) is 0 Å². The number of unbranched alkanes of at least 4 members (excludes halogenated alkanes) is 2. The van der Waals surface area contributed by atoms with Crippen LogP contribution in [0.3, 0.4) is 0 Å². The average molecular weight is 387 g/mol. The first-order chi connectivity index (χ1) is 13.7. The average Bonchev–Trinajstić information content (AvgIpc) is 3.12. The Hall–Kier alpha value is -2.45. The van der Waals surface area contributed by atoms with Crippen LogP contribution in [0.1, 0.15) is 47.3 Å². The van der Waals surface area contributed by atoms with Crippen LogP contribution in [0.5, 0.6) is 0 Å². The molecule has 0 atom stereocenters. The second-order valence-electron chi connectivity index (χ2n) is 6.91. The Morgan fingerprint density at radius 3 is 2.68 bits per heavy atom. The van der Waals surface area contributed by atoms with Crippen LogP contribution in [-0.4, -0.2) is 72.0 Å². The highest BCUT2D eigenvalue weighted by atomic mass is 16.5. The van der Waals surface area contributed by atoms with Gasteiger partial charge in [-0.25, -0.2) is 4.98 Å². The van der Waals surface area contributed by atoms with Gasteiger partial charge in [-0.3, -0.25) is 18.9 Å². The molecule has 3 rings (SSSR count). The van der Waals surface area contributed by atoms with Crippen molar-refractivity contribution < 1.29 is 14.3 Å². The molecule has 0 unspecified atom stereocenters. The van der Waals surface area contributed by atoms with Crippen LogP contribution in [-0.2, 0) is 4.74 Å². The predicted octanol–water partition coefficient (Wildman–Crippen LogP) is 1.32. The molecule has 0 aromatic carbocycles. The van der Waals surface area contributed by atoms with Gasteiger partial charge in [-0.05, 0) is 18.6 Å². The molecule has 1 aliphatic rings. The van der Waals surface area contributed by atoms with Crippen molar-refractivity contribution in [3.63, 3.8) is 0 Å². The molecule has 2 aromatic rings. The molecule has 0 bridgehead atoms. The molecule has 0 spiro atoms. The van der Waals surface area contributed by atoms with Crippen molar-refractivity contribution >= 4 is 17.3 Å². The highest BCUT2D eigenvalue weighted by Gasteiger charge is 2.21. The van der Waals surface area contributed by atoms with Gasteiger partial charge in [-0.15, -0.1) is 0 Å². The first-order valence-electron chi connectivity index (χ1n) is 10.0. The van der Waals surface area contributed by atoms with Crippen molar-refractivity contribution in [2.75, 3.05) is 45.9 Å². The van der Waals surface area contributed by atoms with Gasteiger partial charge in [-0.1, -0.05) is 25.8 Å². The fourth-order valence-corrected chi connectivity index (χ4v) is 3.26. The molecule has 1 saturated heterocycles. The minimum atomic E-state index is -0.278. The molecule has 0 saturated carbocycles. The summed E-state index contributed by atoms with van der Waals surface area (Å²) in [7, 11) is 0. The lowest BCUT2D eigenvalue weighted by molar-refractivity contribution is 0.0383. The molecule has 2 aromatic heterocycles. The molecule has 8 nitrogen and oxygen atoms in total. The Morgan fingerprint density at radius 1 is 1.11 bits per heavy atom. The summed E-state index contributed by atoms with van der Waals surface area (Å²) in [6, 6.07) is 5.46. The second-order valence-corrected chi connectivity index (χ2v) is 6.91. The van der Waals surface area contributed by atoms with Crippen molar-refractivity contribution in [3.8, 4) is 0 Å². The molecule has 0 aliphatic carbocycles. The maximum absolute atomic E-state index is 12.7. The number of hydrogen-bond acceptors (Lipinski definition) is 5. The predicted molar refractivity (Wildman–Crippen MR) is 107 cm³/mol. The summed E-state index contributed by atoms with van der Waals surface area (Å²) in [4.78, 5) is 31.8. The maximum atomic E-state index is 12.7. The van der Waals surface area contributed by atoms with Crippen molar-refractivity contribution in [1.29, 1.82) is 0 Å². The Morgan fingerprint density at radius 2 is 1.89 bits per heavy atom. The second kappa shape index (κ2) is 10.2. The van der Waals surface area contributed by atoms with E-state index < -0.39 is 0 Å². The lowest BCUT2D eigenvalue weighted by atomic mass is 10.2. The molecule has 3 heterocycles. The van der Waals surface area contributed by atoms with Crippen LogP contribution >= 0.6 is 0 Å². The van der Waals surface area contributed by atoms with Gasteiger partial charge in [0.15, 0.2) is 5.69 Å². The first-order valence-corrected chi connectivity index (χ1v) is 10.0. The highest BCUT2D eigenvalue weighted by molar-refractivity contribution is 6.02. The first kappa shape index (κ1) is 20.3. The number of nitrogens with one attached hydrogen (secondary N) is 2. The van der Waals surface area contributed by atoms with E-state index in [0.29, 0.717) is 18.6 Å². The van der Waals surface area contributed by atoms with E-state index in [1.54, 1.807) is 16.7 Å². The minimum Gasteiger partial charge on any atom is -0.379 e. The summed E-state index contributed by atoms with van der Waals surface area (Å²) in [5.41, 5.74) is 0.921. The number of nitrogens with zero attached hydrogens (tertiary/aromatic N) is 3. The number of fused-ring (bicyclic) bond motifs is 1. The summed E-state index contributed by atoms with van der Waals surface area (Å²) >= 11 is 0. The normalized spacial score (nSPS) is 14.9. The number of amides is 2. The van der Waals surface area contributed by atoms with Gasteiger partial charge in [0.25, 0.3) is 11.8 Å². The number of imidazole rings is 1. The summed E-state index contributed by atoms with van der Waals surface area (Å²) in [6.07, 6.45) is 4.86. The minimum absolute atomic E-state index is 0.233. The van der Waals surface area contributed by atoms with Crippen molar-refractivity contribution in [2.45, 2.75) is 26.2 Å². The molecule has 1 aliphatic heterocycles. The van der Waals surface area contributed by atoms with Gasteiger partial charge in [0.2, 0.25) is 5.82 Å². The van der Waals surface area contributed by atoms with E-state index in [1.165, 1.54) is 0 Å². The van der Waals surface area contributed by atoms with Crippen LogP contribution < -0.4 is 10.6 Å². The summed E-state index contributed by atoms with van der Waals surface area (Å²) in [6.45, 7) is 7.25. The van der Waals surface area contributed by atoms with E-state index in [2.05, 4.69) is 27.4 Å². The third kappa shape index (κ3) is 5.08. The van der Waals surface area contributed by atoms with E-state index in [0.717, 1.165) is 52.1 Å². The number of aromatic nitrogens is 2. The molecule has 28 heavy (non-hydrogen) atoms. The topological polar surface area (TPSA) is 88.0 Å². The third-order valence-corrected chi connectivity index (χ3v) is 4.85. The molecule has 0 radical (unpaired) electrons. The van der Waals surface area contributed by atoms with E-state index >= 15 is 0 Å². The molecule has 152 valence electrons. The van der Waals surface area contributed by atoms with Crippen molar-refractivity contribution in [2.24, 2.45) is 0 Å². The maximum Gasteiger partial charge on any atom is 0.287 e. The number of carbonyl (C=O) groups is 2. The lowest BCUT2D eigenvalue weighted by Crippen LogP contribution is -2.41. The third-order valence-electron chi connectivity index (χ3n) is 4.85. The molecular weight excluding hydrogens is 358 g/mol. The number of carbonyl (C=O) groups excluding carboxylic acids is 2. The smallest absolute Gasteiger partial charge is 0.287 e. The van der Waals surface area contributed by atoms with Crippen LogP contribution in [0, 0.1) is 0 Å². The number of ether oxygens (including phenoxy) is 1. The monoisotopic (exact) mass is 387 g/mol. The molecular formula is C20H29N5O3. The zero-order valence-corrected chi connectivity index (χ0v) is 16.4. The quantitative estimate of drug-likeness (QED) is 0.634. The van der Waals surface area contributed by atoms with Gasteiger partial charge < -0.3 is 15.4 Å². The molecule has 2 amide bonds. The van der Waals surface area contributed by atoms with Crippen LogP contribution in [0.15, 0.2) is 24.4 Å². The zero-order chi connectivity index (χ0) is 19.8. The summed E-state index contributed by atoms with van der Waals surface area (Å²) < 4.78 is 7.00. The van der Waals surface area contributed by atoms with E-state index in [4.69, 9.17) is 4.74 Å².